The van der Waals surface area contributed by atoms with Crippen LogP contribution in [0.25, 0.3) is 11.1 Å². The van der Waals surface area contributed by atoms with E-state index in [1.165, 1.54) is 0 Å². The summed E-state index contributed by atoms with van der Waals surface area (Å²) >= 11 is 12.5. The molecular formula is C29H25Cl2N3O4. The van der Waals surface area contributed by atoms with Crippen LogP contribution in [0.2, 0.25) is 10.0 Å². The van der Waals surface area contributed by atoms with E-state index >= 15 is 0 Å². The first-order chi connectivity index (χ1) is 18.3. The Labute approximate surface area is 229 Å². The molecule has 38 heavy (non-hydrogen) atoms. The van der Waals surface area contributed by atoms with E-state index in [0.29, 0.717) is 33.8 Å². The third kappa shape index (κ3) is 6.31. The highest BCUT2D eigenvalue weighted by atomic mass is 35.5. The van der Waals surface area contributed by atoms with Crippen molar-refractivity contribution in [1.29, 1.82) is 0 Å². The van der Waals surface area contributed by atoms with Crippen LogP contribution in [0.1, 0.15) is 27.0 Å². The zero-order valence-electron chi connectivity index (χ0n) is 20.2. The van der Waals surface area contributed by atoms with Gasteiger partial charge in [-0.2, -0.15) is 0 Å². The first-order valence-corrected chi connectivity index (χ1v) is 12.6. The van der Waals surface area contributed by atoms with Crippen LogP contribution in [0.15, 0.2) is 89.9 Å². The van der Waals surface area contributed by atoms with Gasteiger partial charge in [-0.15, -0.1) is 0 Å². The first kappa shape index (κ1) is 27.1. The van der Waals surface area contributed by atoms with Gasteiger partial charge in [0.2, 0.25) is 0 Å². The van der Waals surface area contributed by atoms with Crippen LogP contribution in [-0.4, -0.2) is 27.6 Å². The molecule has 0 fully saturated rings. The molecule has 1 unspecified atom stereocenters. The van der Waals surface area contributed by atoms with Crippen molar-refractivity contribution in [2.75, 3.05) is 0 Å². The van der Waals surface area contributed by atoms with Crippen molar-refractivity contribution in [1.82, 2.24) is 9.88 Å². The van der Waals surface area contributed by atoms with Gasteiger partial charge in [0.15, 0.2) is 0 Å². The summed E-state index contributed by atoms with van der Waals surface area (Å²) in [5, 5.41) is 12.9. The minimum atomic E-state index is -1.20. The second-order valence-electron chi connectivity index (χ2n) is 8.73. The van der Waals surface area contributed by atoms with Gasteiger partial charge in [-0.3, -0.25) is 9.59 Å². The van der Waals surface area contributed by atoms with Crippen LogP contribution < -0.4 is 16.6 Å². The van der Waals surface area contributed by atoms with E-state index in [1.54, 1.807) is 59.3 Å². The number of hydrogen-bond donors (Lipinski definition) is 3. The fourth-order valence-corrected chi connectivity index (χ4v) is 4.69. The summed E-state index contributed by atoms with van der Waals surface area (Å²) in [6, 6.07) is 21.8. The zero-order valence-corrected chi connectivity index (χ0v) is 21.7. The minimum absolute atomic E-state index is 0.0253. The molecule has 0 bridgehead atoms. The number of carboxylic acids is 1. The normalized spacial score (nSPS) is 11.7. The molecule has 0 saturated heterocycles. The van der Waals surface area contributed by atoms with Crippen molar-refractivity contribution in [3.8, 4) is 11.1 Å². The number of carbonyl (C=O) groups is 2. The number of aromatic nitrogens is 1. The molecule has 4 aromatic rings. The molecule has 1 atom stereocenters. The molecule has 4 N–H and O–H groups in total. The molecule has 4 rings (SSSR count). The predicted octanol–water partition coefficient (Wildman–Crippen LogP) is 4.75. The van der Waals surface area contributed by atoms with Gasteiger partial charge in [0.1, 0.15) is 6.04 Å². The number of halogens is 2. The Balaban J connectivity index is 1.54. The SMILES string of the molecule is NCc1cccc(Cl)c1C(=O)NC(Cc1ccc(-c2cc(Cl)cn(Cc3ccccc3)c2=O)cc1)C(=O)O. The topological polar surface area (TPSA) is 114 Å². The highest BCUT2D eigenvalue weighted by Crippen LogP contribution is 2.22. The van der Waals surface area contributed by atoms with Gasteiger partial charge in [-0.1, -0.05) is 89.9 Å². The molecule has 0 saturated carbocycles. The second-order valence-corrected chi connectivity index (χ2v) is 9.58. The lowest BCUT2D eigenvalue weighted by atomic mass is 10.0. The van der Waals surface area contributed by atoms with Crippen LogP contribution in [0, 0.1) is 0 Å². The number of nitrogens with one attached hydrogen (secondary N) is 1. The van der Waals surface area contributed by atoms with Crippen molar-refractivity contribution in [3.63, 3.8) is 0 Å². The highest BCUT2D eigenvalue weighted by Gasteiger charge is 2.24. The van der Waals surface area contributed by atoms with E-state index in [4.69, 9.17) is 28.9 Å². The molecule has 3 aromatic carbocycles. The van der Waals surface area contributed by atoms with E-state index in [0.717, 1.165) is 5.56 Å². The summed E-state index contributed by atoms with van der Waals surface area (Å²) in [6.07, 6.45) is 1.63. The molecule has 7 nitrogen and oxygen atoms in total. The first-order valence-electron chi connectivity index (χ1n) is 11.8. The summed E-state index contributed by atoms with van der Waals surface area (Å²) in [5.41, 5.74) is 8.89. The number of pyridine rings is 1. The van der Waals surface area contributed by atoms with Crippen molar-refractivity contribution in [3.05, 3.63) is 128 Å². The molecule has 0 aliphatic rings. The second kappa shape index (κ2) is 12.1. The standard InChI is InChI=1S/C29H25Cl2N3O4/c30-22-14-23(28(36)34(17-22)16-19-5-2-1-3-6-19)20-11-9-18(10-12-20)13-25(29(37)38)33-27(35)26-21(15-32)7-4-8-24(26)31/h1-12,14,17,25H,13,15-16,32H2,(H,33,35)(H,37,38). The number of benzene rings is 3. The van der Waals surface area contributed by atoms with Crippen molar-refractivity contribution in [2.45, 2.75) is 25.6 Å². The maximum atomic E-state index is 13.2. The number of hydrogen-bond acceptors (Lipinski definition) is 4. The molecular weight excluding hydrogens is 525 g/mol. The molecule has 0 aliphatic heterocycles. The maximum absolute atomic E-state index is 13.2. The quantitative estimate of drug-likeness (QED) is 0.278. The Kier molecular flexibility index (Phi) is 8.63. The molecule has 1 heterocycles. The number of carboxylic acid groups (broad SMARTS) is 1. The average molecular weight is 550 g/mol. The van der Waals surface area contributed by atoms with Crippen LogP contribution in [0.3, 0.4) is 0 Å². The Morgan fingerprint density at radius 3 is 2.32 bits per heavy atom. The van der Waals surface area contributed by atoms with Crippen molar-refractivity contribution < 1.29 is 14.7 Å². The van der Waals surface area contributed by atoms with E-state index in [1.807, 2.05) is 30.3 Å². The summed E-state index contributed by atoms with van der Waals surface area (Å²) in [4.78, 5) is 38.0. The van der Waals surface area contributed by atoms with Gasteiger partial charge in [-0.05, 0) is 34.4 Å². The van der Waals surface area contributed by atoms with Gasteiger partial charge in [0.05, 0.1) is 22.2 Å². The third-order valence-electron chi connectivity index (χ3n) is 6.10. The van der Waals surface area contributed by atoms with Gasteiger partial charge in [0, 0.05) is 24.7 Å². The van der Waals surface area contributed by atoms with Crippen LogP contribution in [-0.2, 0) is 24.3 Å². The lowest BCUT2D eigenvalue weighted by Crippen LogP contribution is -2.42. The van der Waals surface area contributed by atoms with Crippen molar-refractivity contribution >= 4 is 35.1 Å². The summed E-state index contributed by atoms with van der Waals surface area (Å²) in [7, 11) is 0. The highest BCUT2D eigenvalue weighted by molar-refractivity contribution is 6.34. The Morgan fingerprint density at radius 2 is 1.66 bits per heavy atom. The molecule has 0 radical (unpaired) electrons. The van der Waals surface area contributed by atoms with Crippen LogP contribution >= 0.6 is 23.2 Å². The monoisotopic (exact) mass is 549 g/mol. The molecule has 9 heteroatoms. The van der Waals surface area contributed by atoms with Gasteiger partial charge >= 0.3 is 5.97 Å². The van der Waals surface area contributed by atoms with Crippen LogP contribution in [0.4, 0.5) is 0 Å². The fourth-order valence-electron chi connectivity index (χ4n) is 4.18. The predicted molar refractivity (Wildman–Crippen MR) is 149 cm³/mol. The summed E-state index contributed by atoms with van der Waals surface area (Å²) in [5.74, 6) is -1.81. The largest absolute Gasteiger partial charge is 0.480 e. The molecule has 194 valence electrons. The molecule has 1 amide bonds. The summed E-state index contributed by atoms with van der Waals surface area (Å²) in [6.45, 7) is 0.460. The Hall–Kier alpha value is -3.91. The zero-order chi connectivity index (χ0) is 27.2. The van der Waals surface area contributed by atoms with Gasteiger partial charge in [-0.25, -0.2) is 4.79 Å². The van der Waals surface area contributed by atoms with Gasteiger partial charge < -0.3 is 20.7 Å². The smallest absolute Gasteiger partial charge is 0.326 e. The molecule has 0 aliphatic carbocycles. The maximum Gasteiger partial charge on any atom is 0.326 e. The van der Waals surface area contributed by atoms with E-state index in [-0.39, 0.29) is 29.1 Å². The Bertz CT molecular complexity index is 1520. The fraction of sp³-hybridized carbons (Fsp3) is 0.138. The Morgan fingerprint density at radius 1 is 0.947 bits per heavy atom. The lowest BCUT2D eigenvalue weighted by Gasteiger charge is -2.17. The summed E-state index contributed by atoms with van der Waals surface area (Å²) < 4.78 is 1.56. The van der Waals surface area contributed by atoms with E-state index in [9.17, 15) is 19.5 Å². The van der Waals surface area contributed by atoms with Crippen LogP contribution in [0.5, 0.6) is 0 Å². The number of aliphatic carboxylic acids is 1. The number of rotatable bonds is 9. The average Bonchev–Trinajstić information content (AvgIpc) is 2.91. The van der Waals surface area contributed by atoms with Crippen molar-refractivity contribution in [2.24, 2.45) is 5.73 Å². The van der Waals surface area contributed by atoms with Gasteiger partial charge in [0.25, 0.3) is 11.5 Å². The number of amides is 1. The molecule has 1 aromatic heterocycles. The third-order valence-corrected chi connectivity index (χ3v) is 6.63. The number of nitrogens with zero attached hydrogens (tertiary/aromatic N) is 1. The molecule has 0 spiro atoms. The number of carbonyl (C=O) groups excluding carboxylic acids is 1. The van der Waals surface area contributed by atoms with E-state index in [2.05, 4.69) is 5.32 Å². The van der Waals surface area contributed by atoms with E-state index < -0.39 is 17.9 Å². The number of nitrogens with two attached hydrogens (primary N) is 1. The lowest BCUT2D eigenvalue weighted by molar-refractivity contribution is -0.139. The minimum Gasteiger partial charge on any atom is -0.480 e.